The average molecular weight is 324 g/mol. The van der Waals surface area contributed by atoms with Gasteiger partial charge in [0.25, 0.3) is 0 Å². The van der Waals surface area contributed by atoms with Gasteiger partial charge in [0.1, 0.15) is 6.10 Å². The fraction of sp³-hybridized carbons (Fsp3) is 0.222. The van der Waals surface area contributed by atoms with Crippen LogP contribution in [0.25, 0.3) is 10.9 Å². The van der Waals surface area contributed by atoms with E-state index in [9.17, 15) is 4.79 Å². The number of aromatic nitrogens is 1. The van der Waals surface area contributed by atoms with Gasteiger partial charge in [-0.05, 0) is 23.6 Å². The molecule has 0 atom stereocenters. The van der Waals surface area contributed by atoms with Crippen molar-refractivity contribution in [2.45, 2.75) is 12.5 Å². The molecule has 1 aliphatic heterocycles. The van der Waals surface area contributed by atoms with Gasteiger partial charge < -0.3 is 9.64 Å². The zero-order valence-corrected chi connectivity index (χ0v) is 13.3. The summed E-state index contributed by atoms with van der Waals surface area (Å²) in [7, 11) is 0. The van der Waals surface area contributed by atoms with Gasteiger partial charge in [0.05, 0.1) is 25.0 Å². The maximum absolute atomic E-state index is 12.1. The third-order valence-corrected chi connectivity index (χ3v) is 4.84. The molecule has 3 heterocycles. The number of likely N-dealkylation sites (tertiary alicyclic amines) is 1. The number of thiophene rings is 1. The van der Waals surface area contributed by atoms with Crippen LogP contribution >= 0.6 is 11.3 Å². The topological polar surface area (TPSA) is 42.4 Å². The molecule has 0 saturated carbocycles. The van der Waals surface area contributed by atoms with E-state index in [4.69, 9.17) is 4.74 Å². The summed E-state index contributed by atoms with van der Waals surface area (Å²) < 4.78 is 5.87. The number of amides is 1. The molecule has 23 heavy (non-hydrogen) atoms. The molecular weight excluding hydrogens is 308 g/mol. The van der Waals surface area contributed by atoms with Crippen molar-refractivity contribution in [2.75, 3.05) is 13.1 Å². The highest BCUT2D eigenvalue weighted by molar-refractivity contribution is 7.10. The maximum atomic E-state index is 12.1. The van der Waals surface area contributed by atoms with Crippen LogP contribution in [0.2, 0.25) is 0 Å². The third-order valence-electron chi connectivity index (χ3n) is 3.97. The summed E-state index contributed by atoms with van der Waals surface area (Å²) in [5.41, 5.74) is 0.926. The Labute approximate surface area is 138 Å². The first-order chi connectivity index (χ1) is 11.3. The van der Waals surface area contributed by atoms with E-state index in [-0.39, 0.29) is 12.0 Å². The molecule has 1 fully saturated rings. The van der Waals surface area contributed by atoms with Crippen molar-refractivity contribution in [3.63, 3.8) is 0 Å². The molecule has 0 bridgehead atoms. The van der Waals surface area contributed by atoms with E-state index in [1.807, 2.05) is 58.8 Å². The first kappa shape index (κ1) is 14.2. The monoisotopic (exact) mass is 324 g/mol. The van der Waals surface area contributed by atoms with Crippen molar-refractivity contribution >= 4 is 28.1 Å². The Morgan fingerprint density at radius 1 is 1.17 bits per heavy atom. The highest BCUT2D eigenvalue weighted by atomic mass is 32.1. The standard InChI is InChI=1S/C18H16N2O2S/c21-18(10-15-5-3-9-23-15)20-11-14(12-20)22-17-8-7-13-4-1-2-6-16(13)19-17/h1-9,14H,10-12H2. The lowest BCUT2D eigenvalue weighted by Gasteiger charge is -2.38. The molecule has 0 radical (unpaired) electrons. The number of nitrogens with zero attached hydrogens (tertiary/aromatic N) is 2. The number of fused-ring (bicyclic) bond motifs is 1. The van der Waals surface area contributed by atoms with Gasteiger partial charge in [0.15, 0.2) is 0 Å². The minimum absolute atomic E-state index is 0.0379. The number of benzene rings is 1. The van der Waals surface area contributed by atoms with Gasteiger partial charge in [-0.3, -0.25) is 4.79 Å². The van der Waals surface area contributed by atoms with Crippen molar-refractivity contribution in [1.82, 2.24) is 9.88 Å². The van der Waals surface area contributed by atoms with Gasteiger partial charge in [0, 0.05) is 16.3 Å². The molecule has 5 heteroatoms. The van der Waals surface area contributed by atoms with Crippen molar-refractivity contribution < 1.29 is 9.53 Å². The van der Waals surface area contributed by atoms with Gasteiger partial charge in [-0.1, -0.05) is 24.3 Å². The number of rotatable bonds is 4. The molecule has 0 N–H and O–H groups in total. The number of ether oxygens (including phenoxy) is 1. The van der Waals surface area contributed by atoms with Crippen molar-refractivity contribution in [2.24, 2.45) is 0 Å². The van der Waals surface area contributed by atoms with Crippen LogP contribution in [0.15, 0.2) is 53.9 Å². The summed E-state index contributed by atoms with van der Waals surface area (Å²) in [6.45, 7) is 1.28. The van der Waals surface area contributed by atoms with Crippen LogP contribution in [0.3, 0.4) is 0 Å². The Morgan fingerprint density at radius 2 is 2.04 bits per heavy atom. The Morgan fingerprint density at radius 3 is 2.87 bits per heavy atom. The van der Waals surface area contributed by atoms with Crippen LogP contribution in [-0.4, -0.2) is 35.0 Å². The Bertz CT molecular complexity index is 826. The molecule has 0 unspecified atom stereocenters. The van der Waals surface area contributed by atoms with Crippen LogP contribution in [0.4, 0.5) is 0 Å². The molecule has 0 aliphatic carbocycles. The van der Waals surface area contributed by atoms with E-state index in [1.54, 1.807) is 11.3 Å². The smallest absolute Gasteiger partial charge is 0.228 e. The normalized spacial score (nSPS) is 14.7. The lowest BCUT2D eigenvalue weighted by Crippen LogP contribution is -2.56. The molecule has 3 aromatic rings. The number of carbonyl (C=O) groups is 1. The highest BCUT2D eigenvalue weighted by Crippen LogP contribution is 2.21. The molecule has 4 nitrogen and oxygen atoms in total. The van der Waals surface area contributed by atoms with Gasteiger partial charge >= 0.3 is 0 Å². The van der Waals surface area contributed by atoms with Crippen molar-refractivity contribution in [1.29, 1.82) is 0 Å². The second-order valence-corrected chi connectivity index (χ2v) is 6.67. The first-order valence-electron chi connectivity index (χ1n) is 7.60. The van der Waals surface area contributed by atoms with E-state index in [2.05, 4.69) is 4.98 Å². The molecule has 4 rings (SSSR count). The van der Waals surface area contributed by atoms with E-state index < -0.39 is 0 Å². The fourth-order valence-electron chi connectivity index (χ4n) is 2.67. The van der Waals surface area contributed by atoms with Crippen LogP contribution in [-0.2, 0) is 11.2 Å². The Hall–Kier alpha value is -2.40. The summed E-state index contributed by atoms with van der Waals surface area (Å²) in [6.07, 6.45) is 0.523. The number of hydrogen-bond acceptors (Lipinski definition) is 4. The van der Waals surface area contributed by atoms with Crippen LogP contribution in [0.1, 0.15) is 4.88 Å². The van der Waals surface area contributed by atoms with Crippen LogP contribution in [0.5, 0.6) is 5.88 Å². The maximum Gasteiger partial charge on any atom is 0.228 e. The van der Waals surface area contributed by atoms with Gasteiger partial charge in [-0.2, -0.15) is 0 Å². The zero-order chi connectivity index (χ0) is 15.6. The quantitative estimate of drug-likeness (QED) is 0.740. The minimum Gasteiger partial charge on any atom is -0.471 e. The van der Waals surface area contributed by atoms with E-state index in [0.717, 1.165) is 15.8 Å². The molecular formula is C18H16N2O2S. The molecule has 1 aliphatic rings. The number of carbonyl (C=O) groups excluding carboxylic acids is 1. The summed E-state index contributed by atoms with van der Waals surface area (Å²) in [6, 6.07) is 15.8. The van der Waals surface area contributed by atoms with Crippen molar-refractivity contribution in [3.05, 3.63) is 58.8 Å². The van der Waals surface area contributed by atoms with Crippen LogP contribution < -0.4 is 4.74 Å². The number of hydrogen-bond donors (Lipinski definition) is 0. The average Bonchev–Trinajstić information content (AvgIpc) is 3.03. The lowest BCUT2D eigenvalue weighted by molar-refractivity contribution is -0.139. The lowest BCUT2D eigenvalue weighted by atomic mass is 10.1. The van der Waals surface area contributed by atoms with E-state index in [0.29, 0.717) is 25.4 Å². The molecule has 1 amide bonds. The van der Waals surface area contributed by atoms with Crippen LogP contribution in [0, 0.1) is 0 Å². The highest BCUT2D eigenvalue weighted by Gasteiger charge is 2.32. The third kappa shape index (κ3) is 3.05. The van der Waals surface area contributed by atoms with Gasteiger partial charge in [-0.25, -0.2) is 4.98 Å². The van der Waals surface area contributed by atoms with E-state index in [1.165, 1.54) is 0 Å². The van der Waals surface area contributed by atoms with Crippen molar-refractivity contribution in [3.8, 4) is 5.88 Å². The summed E-state index contributed by atoms with van der Waals surface area (Å²) in [5, 5.41) is 3.09. The second-order valence-electron chi connectivity index (χ2n) is 5.64. The van der Waals surface area contributed by atoms with E-state index >= 15 is 0 Å². The fourth-order valence-corrected chi connectivity index (χ4v) is 3.37. The summed E-state index contributed by atoms with van der Waals surface area (Å²) in [5.74, 6) is 0.790. The first-order valence-corrected chi connectivity index (χ1v) is 8.48. The summed E-state index contributed by atoms with van der Waals surface area (Å²) in [4.78, 5) is 19.6. The predicted molar refractivity (Wildman–Crippen MR) is 90.8 cm³/mol. The Balaban J connectivity index is 1.33. The Kier molecular flexibility index (Phi) is 3.71. The molecule has 1 saturated heterocycles. The molecule has 116 valence electrons. The molecule has 0 spiro atoms. The largest absolute Gasteiger partial charge is 0.471 e. The van der Waals surface area contributed by atoms with Gasteiger partial charge in [0.2, 0.25) is 11.8 Å². The second kappa shape index (κ2) is 6.01. The molecule has 1 aromatic carbocycles. The van der Waals surface area contributed by atoms with Gasteiger partial charge in [-0.15, -0.1) is 11.3 Å². The number of para-hydroxylation sites is 1. The number of pyridine rings is 1. The predicted octanol–water partition coefficient (Wildman–Crippen LogP) is 3.13. The SMILES string of the molecule is O=C(Cc1cccs1)N1CC(Oc2ccc3ccccc3n2)C1. The summed E-state index contributed by atoms with van der Waals surface area (Å²) >= 11 is 1.62. The molecule has 2 aromatic heterocycles. The minimum atomic E-state index is 0.0379. The zero-order valence-electron chi connectivity index (χ0n) is 12.5.